The Hall–Kier alpha value is -4.51. The van der Waals surface area contributed by atoms with Crippen LogP contribution in [0, 0.1) is 5.82 Å². The molecule has 0 fully saturated rings. The summed E-state index contributed by atoms with van der Waals surface area (Å²) in [6.07, 6.45) is 0.791. The van der Waals surface area contributed by atoms with Gasteiger partial charge in [-0.25, -0.2) is 14.3 Å². The first-order valence-electron chi connectivity index (χ1n) is 13.6. The number of amides is 3. The number of halogens is 1. The molecule has 0 bridgehead atoms. The average molecular weight is 588 g/mol. The topological polar surface area (TPSA) is 112 Å². The number of nitrogens with zero attached hydrogens (tertiary/aromatic N) is 3. The number of rotatable bonds is 10. The number of benzene rings is 3. The number of amidine groups is 2. The Morgan fingerprint density at radius 1 is 1.10 bits per heavy atom. The van der Waals surface area contributed by atoms with Crippen LogP contribution in [-0.4, -0.2) is 52.0 Å². The first-order chi connectivity index (χ1) is 20.4. The summed E-state index contributed by atoms with van der Waals surface area (Å²) < 4.78 is 18.4. The summed E-state index contributed by atoms with van der Waals surface area (Å²) in [5, 5.41) is 5.56. The summed E-state index contributed by atoms with van der Waals surface area (Å²) in [6, 6.07) is 19.6. The molecule has 0 aromatic heterocycles. The highest BCUT2D eigenvalue weighted by Crippen LogP contribution is 2.36. The summed E-state index contributed by atoms with van der Waals surface area (Å²) in [4.78, 5) is 50.3. The lowest BCUT2D eigenvalue weighted by molar-refractivity contribution is -0.125. The second-order valence-corrected chi connectivity index (χ2v) is 10.9. The molecule has 0 saturated heterocycles. The molecule has 9 nitrogen and oxygen atoms in total. The van der Waals surface area contributed by atoms with Crippen LogP contribution in [-0.2, 0) is 20.9 Å². The lowest BCUT2D eigenvalue weighted by Crippen LogP contribution is -2.42. The third-order valence-electron chi connectivity index (χ3n) is 6.84. The number of carbonyl (C=O) groups excluding carboxylic acids is 3. The molecule has 0 unspecified atom stereocenters. The highest BCUT2D eigenvalue weighted by atomic mass is 32.2. The van der Waals surface area contributed by atoms with Crippen molar-refractivity contribution in [1.29, 1.82) is 0 Å². The molecule has 0 radical (unpaired) electrons. The van der Waals surface area contributed by atoms with E-state index in [4.69, 9.17) is 14.7 Å². The van der Waals surface area contributed by atoms with Crippen LogP contribution >= 0.6 is 11.8 Å². The van der Waals surface area contributed by atoms with E-state index in [0.29, 0.717) is 40.1 Å². The third-order valence-corrected chi connectivity index (χ3v) is 8.16. The first kappa shape index (κ1) is 29.0. The Balaban J connectivity index is 1.28. The van der Waals surface area contributed by atoms with E-state index in [0.717, 1.165) is 5.56 Å². The van der Waals surface area contributed by atoms with Gasteiger partial charge < -0.3 is 15.4 Å². The number of carbonyl (C=O) groups is 3. The molecule has 0 spiro atoms. The number of nitrogens with one attached hydrogen (secondary N) is 2. The maximum atomic E-state index is 13.6. The molecule has 0 aliphatic carbocycles. The Morgan fingerprint density at radius 2 is 1.88 bits per heavy atom. The van der Waals surface area contributed by atoms with Gasteiger partial charge in [0.25, 0.3) is 5.91 Å². The molecule has 3 aromatic carbocycles. The van der Waals surface area contributed by atoms with Crippen LogP contribution in [0.15, 0.2) is 82.8 Å². The van der Waals surface area contributed by atoms with Gasteiger partial charge in [0.05, 0.1) is 18.0 Å². The Bertz CT molecular complexity index is 1560. The number of hydrogen-bond acceptors (Lipinski definition) is 7. The van der Waals surface area contributed by atoms with Crippen molar-refractivity contribution in [2.75, 3.05) is 12.4 Å². The minimum absolute atomic E-state index is 0.0873. The third kappa shape index (κ3) is 6.52. The average Bonchev–Trinajstić information content (AvgIpc) is 3.34. The number of anilines is 1. The van der Waals surface area contributed by atoms with Crippen LogP contribution < -0.4 is 15.4 Å². The molecule has 11 heteroatoms. The molecule has 3 aromatic rings. The van der Waals surface area contributed by atoms with Crippen LogP contribution in [0.3, 0.4) is 0 Å². The molecule has 2 aliphatic heterocycles. The predicted molar refractivity (Wildman–Crippen MR) is 161 cm³/mol. The highest BCUT2D eigenvalue weighted by Gasteiger charge is 2.42. The highest BCUT2D eigenvalue weighted by molar-refractivity contribution is 8.15. The summed E-state index contributed by atoms with van der Waals surface area (Å²) in [5.74, 6) is -0.00257. The van der Waals surface area contributed by atoms with E-state index >= 15 is 0 Å². The zero-order valence-electron chi connectivity index (χ0n) is 23.2. The van der Waals surface area contributed by atoms with Crippen molar-refractivity contribution >= 4 is 51.9 Å². The Kier molecular flexibility index (Phi) is 8.97. The van der Waals surface area contributed by atoms with Crippen LogP contribution in [0.2, 0.25) is 0 Å². The molecule has 42 heavy (non-hydrogen) atoms. The van der Waals surface area contributed by atoms with Gasteiger partial charge in [-0.05, 0) is 54.8 Å². The van der Waals surface area contributed by atoms with E-state index in [-0.39, 0.29) is 42.9 Å². The number of methoxy groups -OCH3 is 1. The van der Waals surface area contributed by atoms with Crippen molar-refractivity contribution in [2.45, 2.75) is 44.0 Å². The zero-order valence-corrected chi connectivity index (χ0v) is 24.0. The monoisotopic (exact) mass is 587 g/mol. The second-order valence-electron chi connectivity index (χ2n) is 9.73. The fourth-order valence-corrected chi connectivity index (χ4v) is 5.62. The molecule has 2 heterocycles. The number of fused-ring (bicyclic) bond motifs is 3. The predicted octanol–water partition coefficient (Wildman–Crippen LogP) is 5.04. The normalized spacial score (nSPS) is 16.1. The molecule has 5 rings (SSSR count). The smallest absolute Gasteiger partial charge is 0.259 e. The van der Waals surface area contributed by atoms with Crippen LogP contribution in [0.4, 0.5) is 15.8 Å². The molecule has 3 amide bonds. The van der Waals surface area contributed by atoms with Crippen molar-refractivity contribution in [2.24, 2.45) is 9.98 Å². The van der Waals surface area contributed by atoms with Crippen LogP contribution in [0.1, 0.15) is 37.3 Å². The summed E-state index contributed by atoms with van der Waals surface area (Å²) >= 11 is 1.20. The van der Waals surface area contributed by atoms with E-state index in [9.17, 15) is 18.8 Å². The summed E-state index contributed by atoms with van der Waals surface area (Å²) in [5.41, 5.74) is 2.75. The lowest BCUT2D eigenvalue weighted by Gasteiger charge is -2.27. The second kappa shape index (κ2) is 13.0. The van der Waals surface area contributed by atoms with Gasteiger partial charge in [-0.1, -0.05) is 49.0 Å². The number of aliphatic imine (C=N–C) groups is 2. The summed E-state index contributed by atoms with van der Waals surface area (Å²) in [6.45, 7) is 2.16. The van der Waals surface area contributed by atoms with E-state index in [1.165, 1.54) is 28.8 Å². The molecular weight excluding hydrogens is 557 g/mol. The van der Waals surface area contributed by atoms with Gasteiger partial charge in [0.1, 0.15) is 23.4 Å². The van der Waals surface area contributed by atoms with E-state index in [1.807, 2.05) is 31.2 Å². The number of hydrogen-bond donors (Lipinski definition) is 2. The minimum atomic E-state index is -0.765. The molecule has 2 aliphatic rings. The number of thioether (sulfide) groups is 1. The van der Waals surface area contributed by atoms with Crippen molar-refractivity contribution in [3.63, 3.8) is 0 Å². The number of para-hydroxylation sites is 1. The van der Waals surface area contributed by atoms with Crippen molar-refractivity contribution < 1.29 is 23.5 Å². The van der Waals surface area contributed by atoms with Gasteiger partial charge in [0, 0.05) is 30.3 Å². The van der Waals surface area contributed by atoms with Gasteiger partial charge in [-0.2, -0.15) is 0 Å². The van der Waals surface area contributed by atoms with Crippen LogP contribution in [0.25, 0.3) is 0 Å². The van der Waals surface area contributed by atoms with E-state index in [2.05, 4.69) is 10.6 Å². The van der Waals surface area contributed by atoms with Gasteiger partial charge in [0.15, 0.2) is 5.17 Å². The van der Waals surface area contributed by atoms with Crippen LogP contribution in [0.5, 0.6) is 5.75 Å². The summed E-state index contributed by atoms with van der Waals surface area (Å²) in [7, 11) is 1.56. The SMILES string of the molecule is CC[C@H](SC1=Nc2ccccc2C2=N[C@H](CCC(=O)NCc3ccc(F)cc3)C(=O)N12)C(=O)Nc1cccc(OC)c1. The molecular formula is C31H30FN5O4S. The standard InChI is InChI=1S/C31H30FN5O4S/c1-3-26(29(39)34-21-7-6-8-22(17-21)41-2)42-31-36-24-10-5-4-9-23(24)28-35-25(30(40)37(28)31)15-16-27(38)33-18-19-11-13-20(32)14-12-19/h4-14,17,25-26H,3,15-16,18H2,1-2H3,(H,33,38)(H,34,39)/t25-,26+/m1/s1. The van der Waals surface area contributed by atoms with Gasteiger partial charge >= 0.3 is 0 Å². The lowest BCUT2D eigenvalue weighted by atomic mass is 10.1. The maximum Gasteiger partial charge on any atom is 0.259 e. The Morgan fingerprint density at radius 3 is 2.64 bits per heavy atom. The fourth-order valence-electron chi connectivity index (χ4n) is 4.60. The van der Waals surface area contributed by atoms with E-state index < -0.39 is 11.3 Å². The Labute approximate surface area is 247 Å². The molecule has 2 atom stereocenters. The molecule has 2 N–H and O–H groups in total. The van der Waals surface area contributed by atoms with Gasteiger partial charge in [0.2, 0.25) is 11.8 Å². The molecule has 216 valence electrons. The quantitative estimate of drug-likeness (QED) is 0.345. The van der Waals surface area contributed by atoms with Crippen molar-refractivity contribution in [3.05, 3.63) is 89.7 Å². The van der Waals surface area contributed by atoms with Gasteiger partial charge in [-0.3, -0.25) is 19.4 Å². The van der Waals surface area contributed by atoms with Crippen molar-refractivity contribution in [3.8, 4) is 5.75 Å². The van der Waals surface area contributed by atoms with E-state index in [1.54, 1.807) is 43.5 Å². The number of ether oxygens (including phenoxy) is 1. The first-order valence-corrected chi connectivity index (χ1v) is 14.5. The van der Waals surface area contributed by atoms with Crippen molar-refractivity contribution in [1.82, 2.24) is 10.2 Å². The molecule has 0 saturated carbocycles. The maximum absolute atomic E-state index is 13.6. The fraction of sp³-hybridized carbons (Fsp3) is 0.258. The minimum Gasteiger partial charge on any atom is -0.497 e. The largest absolute Gasteiger partial charge is 0.497 e. The zero-order chi connectivity index (χ0) is 29.6. The van der Waals surface area contributed by atoms with Gasteiger partial charge in [-0.15, -0.1) is 0 Å².